The van der Waals surface area contributed by atoms with Crippen molar-refractivity contribution in [1.82, 2.24) is 0 Å². The molecule has 3 N–H and O–H groups in total. The van der Waals surface area contributed by atoms with Crippen LogP contribution in [0, 0.1) is 0 Å². The van der Waals surface area contributed by atoms with Gasteiger partial charge in [-0.2, -0.15) is 0 Å². The molecule has 0 radical (unpaired) electrons. The van der Waals surface area contributed by atoms with Crippen molar-refractivity contribution in [2.45, 2.75) is 290 Å². The molecule has 100 heavy (non-hydrogen) atoms. The second-order valence-electron chi connectivity index (χ2n) is 24.5. The van der Waals surface area contributed by atoms with Crippen molar-refractivity contribution in [2.75, 3.05) is 39.6 Å². The molecule has 5 atom stereocenters. The van der Waals surface area contributed by atoms with Gasteiger partial charge >= 0.3 is 39.5 Å². The van der Waals surface area contributed by atoms with Gasteiger partial charge in [0.2, 0.25) is 0 Å². The molecule has 0 aliphatic rings. The number of hydrogen-bond acceptors (Lipinski definition) is 15. The molecule has 0 aromatic rings. The van der Waals surface area contributed by atoms with Crippen LogP contribution >= 0.6 is 15.6 Å². The molecule has 0 aliphatic carbocycles. The Morgan fingerprint density at radius 2 is 0.570 bits per heavy atom. The van der Waals surface area contributed by atoms with E-state index in [0.29, 0.717) is 32.1 Å². The lowest BCUT2D eigenvalue weighted by Crippen LogP contribution is -2.30. The maximum Gasteiger partial charge on any atom is 0.472 e. The highest BCUT2D eigenvalue weighted by Gasteiger charge is 2.30. The molecule has 0 heterocycles. The average Bonchev–Trinajstić information content (AvgIpc) is 1.02. The van der Waals surface area contributed by atoms with Crippen molar-refractivity contribution < 1.29 is 80.2 Å². The molecule has 0 spiro atoms. The van der Waals surface area contributed by atoms with E-state index in [-0.39, 0.29) is 25.7 Å². The number of phosphoric acid groups is 2. The molecule has 0 aliphatic heterocycles. The maximum absolute atomic E-state index is 13.1. The Bertz CT molecular complexity index is 2520. The number of carbonyl (C=O) groups is 4. The molecule has 0 bridgehead atoms. The molecule has 0 rings (SSSR count). The molecule has 0 aromatic carbocycles. The number of carbonyl (C=O) groups excluding carboxylic acids is 4. The van der Waals surface area contributed by atoms with Crippen LogP contribution in [-0.4, -0.2) is 96.7 Å². The third-order valence-electron chi connectivity index (χ3n) is 15.0. The molecule has 0 saturated heterocycles. The van der Waals surface area contributed by atoms with Crippen LogP contribution in [0.2, 0.25) is 0 Å². The molecule has 17 nitrogen and oxygen atoms in total. The van der Waals surface area contributed by atoms with Crippen molar-refractivity contribution in [3.63, 3.8) is 0 Å². The van der Waals surface area contributed by atoms with Gasteiger partial charge < -0.3 is 33.8 Å². The minimum absolute atomic E-state index is 0.0587. The number of aliphatic hydroxyl groups excluding tert-OH is 1. The normalized spacial score (nSPS) is 14.8. The molecule has 0 aromatic heterocycles. The summed E-state index contributed by atoms with van der Waals surface area (Å²) >= 11 is 0. The number of hydrogen-bond donors (Lipinski definition) is 3. The Morgan fingerprint density at radius 3 is 0.930 bits per heavy atom. The van der Waals surface area contributed by atoms with Crippen LogP contribution < -0.4 is 0 Å². The van der Waals surface area contributed by atoms with Gasteiger partial charge in [-0.3, -0.25) is 37.3 Å². The molecule has 19 heteroatoms. The zero-order valence-corrected chi connectivity index (χ0v) is 63.6. The minimum atomic E-state index is -5.02. The number of rotatable bonds is 69. The van der Waals surface area contributed by atoms with Gasteiger partial charge in [0.15, 0.2) is 12.2 Å². The van der Waals surface area contributed by atoms with Crippen molar-refractivity contribution >= 4 is 39.5 Å². The summed E-state index contributed by atoms with van der Waals surface area (Å²) in [5.41, 5.74) is 0. The fourth-order valence-corrected chi connectivity index (χ4v) is 11.0. The van der Waals surface area contributed by atoms with Crippen molar-refractivity contribution in [3.8, 4) is 0 Å². The first-order valence-electron chi connectivity index (χ1n) is 37.7. The first-order valence-corrected chi connectivity index (χ1v) is 40.7. The molecule has 568 valence electrons. The predicted octanol–water partition coefficient (Wildman–Crippen LogP) is 21.7. The number of unbranched alkanes of at least 4 members (excludes halogenated alkanes) is 18. The zero-order valence-electron chi connectivity index (χ0n) is 61.8. The molecule has 0 amide bonds. The lowest BCUT2D eigenvalue weighted by Gasteiger charge is -2.21. The highest BCUT2D eigenvalue weighted by molar-refractivity contribution is 7.47. The summed E-state index contributed by atoms with van der Waals surface area (Å²) < 4.78 is 68.2. The van der Waals surface area contributed by atoms with E-state index in [9.17, 15) is 43.2 Å². The van der Waals surface area contributed by atoms with Gasteiger partial charge in [0.25, 0.3) is 0 Å². The fourth-order valence-electron chi connectivity index (χ4n) is 9.40. The van der Waals surface area contributed by atoms with Crippen LogP contribution in [0.15, 0.2) is 158 Å². The van der Waals surface area contributed by atoms with Gasteiger partial charge in [0, 0.05) is 19.3 Å². The Kier molecular flexibility index (Phi) is 68.2. The summed E-state index contributed by atoms with van der Waals surface area (Å²) in [6, 6.07) is 0. The summed E-state index contributed by atoms with van der Waals surface area (Å²) in [6.45, 7) is 4.31. The predicted molar refractivity (Wildman–Crippen MR) is 408 cm³/mol. The van der Waals surface area contributed by atoms with E-state index >= 15 is 0 Å². The Morgan fingerprint density at radius 1 is 0.300 bits per heavy atom. The second-order valence-corrected chi connectivity index (χ2v) is 27.4. The summed E-state index contributed by atoms with van der Waals surface area (Å²) in [6.07, 6.45) is 82.8. The van der Waals surface area contributed by atoms with E-state index in [0.717, 1.165) is 148 Å². The molecular formula is C81H132O17P2. The van der Waals surface area contributed by atoms with Gasteiger partial charge in [-0.25, -0.2) is 9.13 Å². The van der Waals surface area contributed by atoms with Crippen LogP contribution in [0.1, 0.15) is 272 Å². The maximum atomic E-state index is 13.1. The Labute approximate surface area is 604 Å². The average molecular weight is 1440 g/mol. The number of esters is 4. The van der Waals surface area contributed by atoms with E-state index in [1.807, 2.05) is 24.3 Å². The fraction of sp³-hybridized carbons (Fsp3) is 0.630. The van der Waals surface area contributed by atoms with Crippen LogP contribution in [-0.2, 0) is 65.4 Å². The molecule has 5 unspecified atom stereocenters. The molecular weight excluding hydrogens is 1310 g/mol. The third-order valence-corrected chi connectivity index (χ3v) is 16.9. The minimum Gasteiger partial charge on any atom is -0.462 e. The number of phosphoric ester groups is 2. The topological polar surface area (TPSA) is 237 Å². The summed E-state index contributed by atoms with van der Waals surface area (Å²) in [4.78, 5) is 72.7. The smallest absolute Gasteiger partial charge is 0.462 e. The third kappa shape index (κ3) is 71.1. The largest absolute Gasteiger partial charge is 0.472 e. The van der Waals surface area contributed by atoms with Crippen molar-refractivity contribution in [1.29, 1.82) is 0 Å². The Balaban J connectivity index is 5.45. The zero-order chi connectivity index (χ0) is 73.2. The number of aliphatic hydroxyl groups is 1. The molecule has 0 saturated carbocycles. The van der Waals surface area contributed by atoms with Gasteiger partial charge in [-0.1, -0.05) is 282 Å². The van der Waals surface area contributed by atoms with E-state index in [2.05, 4.69) is 149 Å². The monoisotopic (exact) mass is 1440 g/mol. The summed E-state index contributed by atoms with van der Waals surface area (Å²) in [5, 5.41) is 10.6. The lowest BCUT2D eigenvalue weighted by atomic mass is 10.1. The van der Waals surface area contributed by atoms with Gasteiger partial charge in [0.05, 0.1) is 32.8 Å². The van der Waals surface area contributed by atoms with Crippen LogP contribution in [0.5, 0.6) is 0 Å². The van der Waals surface area contributed by atoms with Gasteiger partial charge in [0.1, 0.15) is 19.3 Å². The number of ether oxygens (including phenoxy) is 4. The summed E-state index contributed by atoms with van der Waals surface area (Å²) in [7, 11) is -10.0. The van der Waals surface area contributed by atoms with Crippen LogP contribution in [0.4, 0.5) is 0 Å². The number of allylic oxidation sites excluding steroid dienone is 25. The first kappa shape index (κ1) is 94.7. The Hall–Kier alpha value is -5.32. The van der Waals surface area contributed by atoms with Crippen LogP contribution in [0.25, 0.3) is 0 Å². The van der Waals surface area contributed by atoms with E-state index < -0.39 is 97.5 Å². The van der Waals surface area contributed by atoms with Crippen molar-refractivity contribution in [3.05, 3.63) is 158 Å². The highest BCUT2D eigenvalue weighted by Crippen LogP contribution is 2.45. The van der Waals surface area contributed by atoms with Crippen LogP contribution in [0.3, 0.4) is 0 Å². The highest BCUT2D eigenvalue weighted by atomic mass is 31.2. The quantitative estimate of drug-likeness (QED) is 0.0169. The first-order chi connectivity index (χ1) is 48.7. The van der Waals surface area contributed by atoms with E-state index in [1.165, 1.54) is 38.5 Å². The van der Waals surface area contributed by atoms with Gasteiger partial charge in [-0.15, -0.1) is 0 Å². The van der Waals surface area contributed by atoms with E-state index in [4.69, 9.17) is 37.0 Å². The lowest BCUT2D eigenvalue weighted by molar-refractivity contribution is -0.161. The summed E-state index contributed by atoms with van der Waals surface area (Å²) in [5.74, 6) is -2.41. The SMILES string of the molecule is CC/C=C\C/C=C\C/C=C\C/C=C\C/C=C\CCCC(=O)OCC(COP(=O)(O)OCC(O)COP(=O)(O)OCC(COC(=O)CCCCCCCCC/C=C\C/C=C\C/C=C\CC)OC(=O)CCCCCCCCCCCCC)OC(=O)C/C=C\C/C=C\C/C=C\C/C=C\C/C=C\CC. The second kappa shape index (κ2) is 72.0. The molecule has 0 fully saturated rings. The van der Waals surface area contributed by atoms with E-state index in [1.54, 1.807) is 12.2 Å². The standard InChI is InChI=1S/C81H132O17P2/c1-5-9-13-17-21-25-29-32-35-37-40-42-46-49-53-57-61-65-78(83)91-71-76(97-80(85)67-63-59-55-51-45-28-24-20-16-12-8-4)73-95-99(87,88)93-69-75(82)70-94-100(89,90)96-74-77(98-81(86)68-64-60-56-52-48-44-39-34-31-27-23-19-15-11-7-3)72-92-79(84)66-62-58-54-50-47-43-41-38-36-33-30-26-22-18-14-10-6-2/h9-11,13-15,21-23,25-27,32-36,39,41,43,48,50,52,54,60,64,75-77,82H,5-8,12,16-20,24,28-31,37-38,40,42,44-47,49,51,53,55-59,61-63,65-74H2,1-4H3,(H,87,88)(H,89,90)/b13-9-,14-10-,15-11-,25-21-,26-22-,27-23-,35-32-,36-33-,39-34-,43-41-,52-48-,54-50-,64-60-. The van der Waals surface area contributed by atoms with Gasteiger partial charge in [-0.05, 0) is 122 Å². The van der Waals surface area contributed by atoms with Crippen molar-refractivity contribution in [2.24, 2.45) is 0 Å².